The second-order valence-corrected chi connectivity index (χ2v) is 10.1. The molecule has 2 aliphatic heterocycles. The summed E-state index contributed by atoms with van der Waals surface area (Å²) in [7, 11) is -3.64. The van der Waals surface area contributed by atoms with Gasteiger partial charge in [0.2, 0.25) is 15.9 Å². The van der Waals surface area contributed by atoms with Crippen LogP contribution in [-0.2, 0) is 26.2 Å². The van der Waals surface area contributed by atoms with Crippen molar-refractivity contribution >= 4 is 38.9 Å². The Morgan fingerprint density at radius 3 is 2.76 bits per heavy atom. The van der Waals surface area contributed by atoms with Crippen molar-refractivity contribution in [3.63, 3.8) is 0 Å². The van der Waals surface area contributed by atoms with Gasteiger partial charge in [0.1, 0.15) is 0 Å². The van der Waals surface area contributed by atoms with Gasteiger partial charge >= 0.3 is 0 Å². The van der Waals surface area contributed by atoms with Gasteiger partial charge in [-0.05, 0) is 36.4 Å². The number of carbonyl (C=O) groups excluding carboxylic acids is 2. The molecule has 0 spiro atoms. The summed E-state index contributed by atoms with van der Waals surface area (Å²) >= 11 is 1.52. The molecule has 1 aromatic rings. The van der Waals surface area contributed by atoms with Crippen LogP contribution >= 0.6 is 11.3 Å². The number of hydrogen-bond donors (Lipinski definition) is 1. The van der Waals surface area contributed by atoms with Crippen LogP contribution in [0.1, 0.15) is 24.1 Å². The van der Waals surface area contributed by atoms with E-state index in [4.69, 9.17) is 0 Å². The zero-order valence-corrected chi connectivity index (χ0v) is 17.3. The topological polar surface area (TPSA) is 95.9 Å². The number of aliphatic imine (C=N–C) groups is 1. The molecule has 1 fully saturated rings. The zero-order chi connectivity index (χ0) is 20.4. The molecule has 3 aliphatic rings. The second kappa shape index (κ2) is 8.17. The van der Waals surface area contributed by atoms with Crippen molar-refractivity contribution in [2.45, 2.75) is 25.8 Å². The molecular formula is C20H21N3O4S2. The first-order valence-electron chi connectivity index (χ1n) is 9.50. The average Bonchev–Trinajstić information content (AvgIpc) is 3.25. The molecule has 1 aromatic heterocycles. The minimum absolute atomic E-state index is 0.148. The number of fused-ring (bicyclic) bond motifs is 1. The van der Waals surface area contributed by atoms with Crippen molar-refractivity contribution in [1.29, 1.82) is 0 Å². The molecule has 0 bridgehead atoms. The zero-order valence-electron chi connectivity index (χ0n) is 15.7. The summed E-state index contributed by atoms with van der Waals surface area (Å²) in [5, 5.41) is 4.73. The van der Waals surface area contributed by atoms with Crippen LogP contribution in [0.5, 0.6) is 0 Å². The van der Waals surface area contributed by atoms with E-state index in [9.17, 15) is 18.0 Å². The predicted octanol–water partition coefficient (Wildman–Crippen LogP) is 2.16. The smallest absolute Gasteiger partial charge is 0.270 e. The fourth-order valence-electron chi connectivity index (χ4n) is 3.63. The Bertz CT molecular complexity index is 1040. The van der Waals surface area contributed by atoms with E-state index >= 15 is 0 Å². The van der Waals surface area contributed by atoms with Crippen molar-refractivity contribution < 1.29 is 18.0 Å². The highest BCUT2D eigenvalue weighted by atomic mass is 32.2. The number of thiophene rings is 1. The van der Waals surface area contributed by atoms with Gasteiger partial charge in [-0.2, -0.15) is 4.31 Å². The third kappa shape index (κ3) is 4.17. The van der Waals surface area contributed by atoms with Gasteiger partial charge in [0, 0.05) is 29.6 Å². The Labute approximate surface area is 173 Å². The molecule has 0 radical (unpaired) electrons. The summed E-state index contributed by atoms with van der Waals surface area (Å²) in [5.74, 6) is -1.57. The van der Waals surface area contributed by atoms with E-state index in [0.717, 1.165) is 24.1 Å². The molecule has 2 amide bonds. The Kier molecular flexibility index (Phi) is 5.62. The van der Waals surface area contributed by atoms with Gasteiger partial charge < -0.3 is 5.32 Å². The number of nitrogens with zero attached hydrogens (tertiary/aromatic N) is 2. The van der Waals surface area contributed by atoms with Crippen LogP contribution in [0.25, 0.3) is 0 Å². The van der Waals surface area contributed by atoms with Gasteiger partial charge in [-0.1, -0.05) is 18.6 Å². The van der Waals surface area contributed by atoms with Gasteiger partial charge in [-0.15, -0.1) is 11.3 Å². The number of carbonyl (C=O) groups is 2. The highest BCUT2D eigenvalue weighted by Crippen LogP contribution is 2.30. The largest absolute Gasteiger partial charge is 0.347 e. The molecule has 0 aromatic carbocycles. The fourth-order valence-corrected chi connectivity index (χ4v) is 5.86. The highest BCUT2D eigenvalue weighted by Gasteiger charge is 2.34. The summed E-state index contributed by atoms with van der Waals surface area (Å²) in [4.78, 5) is 29.8. The van der Waals surface area contributed by atoms with Crippen LogP contribution in [0.15, 0.2) is 57.3 Å². The molecule has 1 saturated heterocycles. The normalized spacial score (nSPS) is 22.4. The van der Waals surface area contributed by atoms with Gasteiger partial charge in [-0.25, -0.2) is 13.4 Å². The molecule has 9 heteroatoms. The monoisotopic (exact) mass is 431 g/mol. The third-order valence-corrected chi connectivity index (χ3v) is 7.93. The molecule has 1 atom stereocenters. The van der Waals surface area contributed by atoms with Crippen molar-refractivity contribution in [3.8, 4) is 0 Å². The number of nitrogens with one attached hydrogen (secondary N) is 1. The van der Waals surface area contributed by atoms with E-state index in [-0.39, 0.29) is 10.5 Å². The number of rotatable bonds is 5. The van der Waals surface area contributed by atoms with E-state index in [1.807, 2.05) is 17.5 Å². The van der Waals surface area contributed by atoms with E-state index in [0.29, 0.717) is 25.3 Å². The molecular weight excluding hydrogens is 410 g/mol. The molecule has 29 heavy (non-hydrogen) atoms. The van der Waals surface area contributed by atoms with Crippen LogP contribution in [0, 0.1) is 5.92 Å². The van der Waals surface area contributed by atoms with Gasteiger partial charge in [0.15, 0.2) is 0 Å². The molecule has 152 valence electrons. The van der Waals surface area contributed by atoms with Crippen LogP contribution < -0.4 is 5.32 Å². The molecule has 1 unspecified atom stereocenters. The summed E-state index contributed by atoms with van der Waals surface area (Å²) < 4.78 is 27.5. The number of dihydropyridines is 1. The summed E-state index contributed by atoms with van der Waals surface area (Å²) in [6, 6.07) is 3.80. The first-order valence-corrected chi connectivity index (χ1v) is 11.8. The first kappa shape index (κ1) is 19.9. The third-order valence-electron chi connectivity index (χ3n) is 5.14. The maximum atomic E-state index is 13.0. The van der Waals surface area contributed by atoms with Crippen LogP contribution in [0.4, 0.5) is 0 Å². The molecule has 1 N–H and O–H groups in total. The van der Waals surface area contributed by atoms with Crippen LogP contribution in [0.2, 0.25) is 0 Å². The number of sulfonamides is 1. The minimum atomic E-state index is -3.64. The second-order valence-electron chi connectivity index (χ2n) is 7.08. The molecule has 0 saturated carbocycles. The number of hydrogen-bond acceptors (Lipinski definition) is 5. The Morgan fingerprint density at radius 2 is 2.03 bits per heavy atom. The highest BCUT2D eigenvalue weighted by molar-refractivity contribution is 7.93. The lowest BCUT2D eigenvalue weighted by atomic mass is 9.87. The molecule has 1 aliphatic carbocycles. The quantitative estimate of drug-likeness (QED) is 0.773. The van der Waals surface area contributed by atoms with Gasteiger partial charge in [0.25, 0.3) is 5.91 Å². The predicted molar refractivity (Wildman–Crippen MR) is 112 cm³/mol. The first-order chi connectivity index (χ1) is 13.9. The molecule has 3 heterocycles. The van der Waals surface area contributed by atoms with Crippen molar-refractivity contribution in [1.82, 2.24) is 9.62 Å². The molecule has 4 rings (SSSR count). The standard InChI is InChI=1S/C20H21N3O4S2/c24-19-12-17(20(25)21-13-14-5-4-10-28-14)16-11-15(6-7-18(16)22-19)29(26,27)23-8-2-1-3-9-23/h4-7,10-12,16H,1-3,8-9,13H2,(H,21,25). The summed E-state index contributed by atoms with van der Waals surface area (Å²) in [6.45, 7) is 1.35. The SMILES string of the molecule is O=C1C=C(C(=O)NCc2cccs2)C2C=C(S(=O)(=O)N3CCCCC3)C=CC2=N1. The fraction of sp³-hybridized carbons (Fsp3) is 0.350. The lowest BCUT2D eigenvalue weighted by Gasteiger charge is -2.29. The summed E-state index contributed by atoms with van der Waals surface area (Å²) in [6.07, 6.45) is 8.44. The maximum absolute atomic E-state index is 13.0. The van der Waals surface area contributed by atoms with E-state index in [1.54, 1.807) is 0 Å². The number of amides is 2. The van der Waals surface area contributed by atoms with E-state index in [2.05, 4.69) is 10.3 Å². The lowest BCUT2D eigenvalue weighted by Crippen LogP contribution is -2.38. The van der Waals surface area contributed by atoms with Crippen molar-refractivity contribution in [3.05, 3.63) is 57.2 Å². The summed E-state index contributed by atoms with van der Waals surface area (Å²) in [5.41, 5.74) is 0.601. The van der Waals surface area contributed by atoms with Gasteiger partial charge in [0.05, 0.1) is 23.1 Å². The number of allylic oxidation sites excluding steroid dienone is 3. The number of piperidine rings is 1. The van der Waals surface area contributed by atoms with Crippen LogP contribution in [0.3, 0.4) is 0 Å². The minimum Gasteiger partial charge on any atom is -0.347 e. The van der Waals surface area contributed by atoms with Crippen molar-refractivity contribution in [2.24, 2.45) is 10.9 Å². The Balaban J connectivity index is 1.58. The van der Waals surface area contributed by atoms with Crippen molar-refractivity contribution in [2.75, 3.05) is 13.1 Å². The van der Waals surface area contributed by atoms with Gasteiger partial charge in [-0.3, -0.25) is 9.59 Å². The average molecular weight is 432 g/mol. The maximum Gasteiger partial charge on any atom is 0.270 e. The Hall–Kier alpha value is -2.36. The lowest BCUT2D eigenvalue weighted by molar-refractivity contribution is -0.119. The van der Waals surface area contributed by atoms with E-state index in [1.165, 1.54) is 39.9 Å². The van der Waals surface area contributed by atoms with Crippen LogP contribution in [-0.4, -0.2) is 43.3 Å². The van der Waals surface area contributed by atoms with E-state index < -0.39 is 27.8 Å². The Morgan fingerprint density at radius 1 is 1.24 bits per heavy atom. The molecule has 7 nitrogen and oxygen atoms in total.